The number of hydrogen-bond acceptors (Lipinski definition) is 4. The number of ether oxygens (including phenoxy) is 1. The van der Waals surface area contributed by atoms with Gasteiger partial charge in [0.2, 0.25) is 10.0 Å². The maximum Gasteiger partial charge on any atom is 0.251 e. The summed E-state index contributed by atoms with van der Waals surface area (Å²) in [6, 6.07) is 5.98. The quantitative estimate of drug-likeness (QED) is 0.737. The SMILES string of the molecule is CCOCC1(CNS(=O)(=O)c2ccc(C(=O)NC(C)(C)C)cc2)CC1. The van der Waals surface area contributed by atoms with Gasteiger partial charge in [-0.2, -0.15) is 0 Å². The molecule has 2 rings (SSSR count). The smallest absolute Gasteiger partial charge is 0.251 e. The molecule has 0 bridgehead atoms. The van der Waals surface area contributed by atoms with Gasteiger partial charge >= 0.3 is 0 Å². The van der Waals surface area contributed by atoms with Crippen molar-refractivity contribution in [2.24, 2.45) is 5.41 Å². The third-order valence-corrected chi connectivity index (χ3v) is 5.54. The van der Waals surface area contributed by atoms with Gasteiger partial charge in [0, 0.05) is 29.7 Å². The molecule has 7 heteroatoms. The molecule has 1 aromatic rings. The minimum atomic E-state index is -3.59. The molecule has 1 aliphatic rings. The highest BCUT2D eigenvalue weighted by Crippen LogP contribution is 2.45. The molecular formula is C18H28N2O4S. The number of amides is 1. The molecule has 0 atom stereocenters. The molecule has 0 heterocycles. The van der Waals surface area contributed by atoms with Crippen molar-refractivity contribution >= 4 is 15.9 Å². The van der Waals surface area contributed by atoms with E-state index >= 15 is 0 Å². The first-order chi connectivity index (χ1) is 11.6. The van der Waals surface area contributed by atoms with Gasteiger partial charge in [0.1, 0.15) is 0 Å². The average molecular weight is 368 g/mol. The van der Waals surface area contributed by atoms with E-state index < -0.39 is 10.0 Å². The Bertz CT molecular complexity index is 702. The maximum atomic E-state index is 12.4. The highest BCUT2D eigenvalue weighted by atomic mass is 32.2. The van der Waals surface area contributed by atoms with E-state index in [1.54, 1.807) is 0 Å². The van der Waals surface area contributed by atoms with E-state index in [9.17, 15) is 13.2 Å². The first-order valence-electron chi connectivity index (χ1n) is 8.57. The zero-order valence-electron chi connectivity index (χ0n) is 15.4. The first-order valence-corrected chi connectivity index (χ1v) is 10.1. The van der Waals surface area contributed by atoms with Gasteiger partial charge in [-0.25, -0.2) is 13.1 Å². The van der Waals surface area contributed by atoms with Crippen LogP contribution < -0.4 is 10.0 Å². The Morgan fingerprint density at radius 3 is 2.28 bits per heavy atom. The van der Waals surface area contributed by atoms with Crippen molar-refractivity contribution in [2.45, 2.75) is 51.0 Å². The number of sulfonamides is 1. The summed E-state index contributed by atoms with van der Waals surface area (Å²) >= 11 is 0. The molecule has 0 radical (unpaired) electrons. The molecule has 1 fully saturated rings. The van der Waals surface area contributed by atoms with Gasteiger partial charge in [0.15, 0.2) is 0 Å². The molecule has 6 nitrogen and oxygen atoms in total. The summed E-state index contributed by atoms with van der Waals surface area (Å²) in [5.41, 5.74) is 0.0295. The lowest BCUT2D eigenvalue weighted by Crippen LogP contribution is -2.40. The fourth-order valence-electron chi connectivity index (χ4n) is 2.40. The lowest BCUT2D eigenvalue weighted by molar-refractivity contribution is 0.0919. The third-order valence-electron chi connectivity index (χ3n) is 4.12. The van der Waals surface area contributed by atoms with Crippen LogP contribution in [0.4, 0.5) is 0 Å². The van der Waals surface area contributed by atoms with Gasteiger partial charge in [-0.3, -0.25) is 4.79 Å². The molecule has 1 aliphatic carbocycles. The van der Waals surface area contributed by atoms with Crippen molar-refractivity contribution < 1.29 is 17.9 Å². The fourth-order valence-corrected chi connectivity index (χ4v) is 3.55. The molecule has 1 aromatic carbocycles. The minimum Gasteiger partial charge on any atom is -0.381 e. The predicted octanol–water partition coefficient (Wildman–Crippen LogP) is 2.31. The van der Waals surface area contributed by atoms with E-state index in [0.717, 1.165) is 12.8 Å². The maximum absolute atomic E-state index is 12.4. The van der Waals surface area contributed by atoms with E-state index in [-0.39, 0.29) is 21.8 Å². The summed E-state index contributed by atoms with van der Waals surface area (Å²) in [5.74, 6) is -0.224. The Morgan fingerprint density at radius 2 is 1.80 bits per heavy atom. The van der Waals surface area contributed by atoms with Gasteiger partial charge in [-0.15, -0.1) is 0 Å². The van der Waals surface area contributed by atoms with E-state index in [0.29, 0.717) is 25.3 Å². The normalized spacial score (nSPS) is 16.5. The number of carbonyl (C=O) groups is 1. The number of hydrogen-bond donors (Lipinski definition) is 2. The molecule has 140 valence electrons. The summed E-state index contributed by atoms with van der Waals surface area (Å²) in [5, 5.41) is 2.85. The molecule has 0 spiro atoms. The molecular weight excluding hydrogens is 340 g/mol. The monoisotopic (exact) mass is 368 g/mol. The van der Waals surface area contributed by atoms with Crippen LogP contribution in [0.1, 0.15) is 50.9 Å². The van der Waals surface area contributed by atoms with E-state index in [4.69, 9.17) is 4.74 Å². The summed E-state index contributed by atoms with van der Waals surface area (Å²) in [7, 11) is -3.59. The number of carbonyl (C=O) groups excluding carboxylic acids is 1. The molecule has 0 aromatic heterocycles. The molecule has 0 unspecified atom stereocenters. The Labute approximate surface area is 150 Å². The second-order valence-corrected chi connectivity index (χ2v) is 9.46. The van der Waals surface area contributed by atoms with E-state index in [1.807, 2.05) is 27.7 Å². The largest absolute Gasteiger partial charge is 0.381 e. The van der Waals surface area contributed by atoms with Crippen molar-refractivity contribution in [1.82, 2.24) is 10.0 Å². The van der Waals surface area contributed by atoms with Crippen LogP contribution in [0.3, 0.4) is 0 Å². The number of benzene rings is 1. The Kier molecular flexibility index (Phi) is 5.91. The zero-order chi connectivity index (χ0) is 18.7. The molecule has 25 heavy (non-hydrogen) atoms. The summed E-state index contributed by atoms with van der Waals surface area (Å²) < 4.78 is 33.0. The standard InChI is InChI=1S/C18H28N2O4S/c1-5-24-13-18(10-11-18)12-19-25(22,23)15-8-6-14(7-9-15)16(21)20-17(2,3)4/h6-9,19H,5,10-13H2,1-4H3,(H,20,21). The van der Waals surface area contributed by atoms with Crippen LogP contribution >= 0.6 is 0 Å². The Hall–Kier alpha value is -1.44. The van der Waals surface area contributed by atoms with Crippen LogP contribution in [0.5, 0.6) is 0 Å². The summed E-state index contributed by atoms with van der Waals surface area (Å²) in [4.78, 5) is 12.3. The predicted molar refractivity (Wildman–Crippen MR) is 97.0 cm³/mol. The third kappa shape index (κ3) is 5.80. The van der Waals surface area contributed by atoms with Crippen LogP contribution in [-0.4, -0.2) is 39.6 Å². The first kappa shape index (κ1) is 19.9. The van der Waals surface area contributed by atoms with Crippen molar-refractivity contribution in [3.05, 3.63) is 29.8 Å². The minimum absolute atomic E-state index is 0.0599. The molecule has 2 N–H and O–H groups in total. The van der Waals surface area contributed by atoms with Crippen LogP contribution in [0.15, 0.2) is 29.2 Å². The van der Waals surface area contributed by atoms with E-state index in [1.165, 1.54) is 24.3 Å². The lowest BCUT2D eigenvalue weighted by atomic mass is 10.1. The van der Waals surface area contributed by atoms with Crippen molar-refractivity contribution in [2.75, 3.05) is 19.8 Å². The highest BCUT2D eigenvalue weighted by molar-refractivity contribution is 7.89. The second kappa shape index (κ2) is 7.43. The van der Waals surface area contributed by atoms with Crippen molar-refractivity contribution in [1.29, 1.82) is 0 Å². The number of nitrogens with one attached hydrogen (secondary N) is 2. The van der Waals surface area contributed by atoms with Crippen molar-refractivity contribution in [3.8, 4) is 0 Å². The number of rotatable bonds is 8. The van der Waals surface area contributed by atoms with Gasteiger partial charge < -0.3 is 10.1 Å². The van der Waals surface area contributed by atoms with Crippen LogP contribution in [0.2, 0.25) is 0 Å². The molecule has 1 saturated carbocycles. The van der Waals surface area contributed by atoms with Gasteiger partial charge in [0.05, 0.1) is 11.5 Å². The molecule has 1 amide bonds. The molecule has 0 saturated heterocycles. The summed E-state index contributed by atoms with van der Waals surface area (Å²) in [6.45, 7) is 9.20. The topological polar surface area (TPSA) is 84.5 Å². The van der Waals surface area contributed by atoms with E-state index in [2.05, 4.69) is 10.0 Å². The summed E-state index contributed by atoms with van der Waals surface area (Å²) in [6.07, 6.45) is 1.95. The van der Waals surface area contributed by atoms with Crippen LogP contribution in [0.25, 0.3) is 0 Å². The lowest BCUT2D eigenvalue weighted by Gasteiger charge is -2.20. The van der Waals surface area contributed by atoms with Gasteiger partial charge in [0.25, 0.3) is 5.91 Å². The Morgan fingerprint density at radius 1 is 1.20 bits per heavy atom. The van der Waals surface area contributed by atoms with Crippen molar-refractivity contribution in [3.63, 3.8) is 0 Å². The van der Waals surface area contributed by atoms with Crippen LogP contribution in [0, 0.1) is 5.41 Å². The molecule has 0 aliphatic heterocycles. The zero-order valence-corrected chi connectivity index (χ0v) is 16.2. The van der Waals surface area contributed by atoms with Crippen LogP contribution in [-0.2, 0) is 14.8 Å². The highest BCUT2D eigenvalue weighted by Gasteiger charge is 2.43. The Balaban J connectivity index is 1.99. The van der Waals surface area contributed by atoms with Gasteiger partial charge in [-0.05, 0) is 64.8 Å². The van der Waals surface area contributed by atoms with Gasteiger partial charge in [-0.1, -0.05) is 0 Å². The average Bonchev–Trinajstić information content (AvgIpc) is 3.30. The second-order valence-electron chi connectivity index (χ2n) is 7.69. The fraction of sp³-hybridized carbons (Fsp3) is 0.611.